The van der Waals surface area contributed by atoms with Crippen LogP contribution in [0.15, 0.2) is 0 Å². The van der Waals surface area contributed by atoms with E-state index in [4.69, 9.17) is 5.73 Å². The van der Waals surface area contributed by atoms with Crippen LogP contribution in [0.1, 0.15) is 12.8 Å². The van der Waals surface area contributed by atoms with Gasteiger partial charge in [-0.25, -0.2) is 0 Å². The Labute approximate surface area is 133 Å². The van der Waals surface area contributed by atoms with E-state index in [1.54, 1.807) is 14.1 Å². The number of rotatable bonds is 14. The van der Waals surface area contributed by atoms with Crippen molar-refractivity contribution in [1.29, 1.82) is 0 Å². The Morgan fingerprint density at radius 2 is 1.41 bits per heavy atom. The lowest BCUT2D eigenvalue weighted by atomic mass is 10.3. The van der Waals surface area contributed by atoms with Gasteiger partial charge in [-0.3, -0.25) is 9.59 Å². The van der Waals surface area contributed by atoms with Crippen LogP contribution >= 0.6 is 0 Å². The highest BCUT2D eigenvalue weighted by molar-refractivity contribution is 5.75. The molecule has 0 spiro atoms. The summed E-state index contributed by atoms with van der Waals surface area (Å²) < 4.78 is 0. The summed E-state index contributed by atoms with van der Waals surface area (Å²) in [5, 5.41) is 11.7. The first kappa shape index (κ1) is 20.8. The first-order valence-electron chi connectivity index (χ1n) is 7.89. The molecule has 0 bridgehead atoms. The molecular weight excluding hydrogens is 284 g/mol. The Morgan fingerprint density at radius 1 is 0.818 bits per heavy atom. The minimum Gasteiger partial charge on any atom is -0.359 e. The molecular formula is C14H32N6O2. The Kier molecular flexibility index (Phi) is 13.9. The highest BCUT2D eigenvalue weighted by Gasteiger charge is 2.06. The SMILES string of the molecule is CNC(=O)CCNCCNCCN(CCN)CCC(=O)NC. The summed E-state index contributed by atoms with van der Waals surface area (Å²) in [6.07, 6.45) is 0.998. The highest BCUT2D eigenvalue weighted by atomic mass is 16.2. The van der Waals surface area contributed by atoms with E-state index in [-0.39, 0.29) is 11.8 Å². The van der Waals surface area contributed by atoms with Crippen molar-refractivity contribution in [1.82, 2.24) is 26.2 Å². The fourth-order valence-corrected chi connectivity index (χ4v) is 1.89. The van der Waals surface area contributed by atoms with Crippen LogP contribution in [0, 0.1) is 0 Å². The van der Waals surface area contributed by atoms with Crippen LogP contribution in [0.4, 0.5) is 0 Å². The molecule has 0 aliphatic carbocycles. The molecule has 0 aromatic carbocycles. The van der Waals surface area contributed by atoms with Gasteiger partial charge in [0.15, 0.2) is 0 Å². The third kappa shape index (κ3) is 12.5. The van der Waals surface area contributed by atoms with Crippen molar-refractivity contribution < 1.29 is 9.59 Å². The molecule has 0 atom stereocenters. The zero-order valence-corrected chi connectivity index (χ0v) is 13.9. The molecule has 130 valence electrons. The zero-order valence-electron chi connectivity index (χ0n) is 13.9. The summed E-state index contributed by atoms with van der Waals surface area (Å²) in [6.45, 7) is 6.19. The van der Waals surface area contributed by atoms with Crippen LogP contribution in [-0.4, -0.2) is 83.2 Å². The number of carbonyl (C=O) groups excluding carboxylic acids is 2. The molecule has 0 aliphatic rings. The van der Waals surface area contributed by atoms with Gasteiger partial charge in [0.05, 0.1) is 0 Å². The molecule has 2 amide bonds. The minimum atomic E-state index is 0.0500. The standard InChI is InChI=1S/C14H32N6O2/c1-16-13(21)3-6-18-7-8-19-9-12-20(11-5-15)10-4-14(22)17-2/h18-19H,3-12,15H2,1-2H3,(H,16,21)(H,17,22). The predicted octanol–water partition coefficient (Wildman–Crippen LogP) is -2.30. The largest absolute Gasteiger partial charge is 0.359 e. The second kappa shape index (κ2) is 14.7. The van der Waals surface area contributed by atoms with Crippen LogP contribution in [0.3, 0.4) is 0 Å². The van der Waals surface area contributed by atoms with E-state index in [1.165, 1.54) is 0 Å². The van der Waals surface area contributed by atoms with Crippen molar-refractivity contribution in [2.45, 2.75) is 12.8 Å². The van der Waals surface area contributed by atoms with Crippen molar-refractivity contribution >= 4 is 11.8 Å². The van der Waals surface area contributed by atoms with Crippen molar-refractivity contribution in [3.63, 3.8) is 0 Å². The van der Waals surface area contributed by atoms with E-state index in [9.17, 15) is 9.59 Å². The van der Waals surface area contributed by atoms with Gasteiger partial charge in [-0.15, -0.1) is 0 Å². The Balaban J connectivity index is 3.55. The number of nitrogens with two attached hydrogens (primary N) is 1. The molecule has 0 fully saturated rings. The summed E-state index contributed by atoms with van der Waals surface area (Å²) >= 11 is 0. The Morgan fingerprint density at radius 3 is 2.00 bits per heavy atom. The van der Waals surface area contributed by atoms with Crippen LogP contribution in [0.2, 0.25) is 0 Å². The topological polar surface area (TPSA) is 112 Å². The molecule has 0 saturated heterocycles. The number of hydrogen-bond acceptors (Lipinski definition) is 6. The van der Waals surface area contributed by atoms with E-state index >= 15 is 0 Å². The van der Waals surface area contributed by atoms with E-state index in [0.717, 1.165) is 39.3 Å². The fraction of sp³-hybridized carbons (Fsp3) is 0.857. The van der Waals surface area contributed by atoms with Gasteiger partial charge >= 0.3 is 0 Å². The molecule has 0 heterocycles. The van der Waals surface area contributed by atoms with Gasteiger partial charge in [-0.1, -0.05) is 0 Å². The lowest BCUT2D eigenvalue weighted by Crippen LogP contribution is -2.39. The predicted molar refractivity (Wildman–Crippen MR) is 88.6 cm³/mol. The Bertz CT molecular complexity index is 301. The summed E-state index contributed by atoms with van der Waals surface area (Å²) in [6, 6.07) is 0. The number of amides is 2. The molecule has 0 aromatic heterocycles. The van der Waals surface area contributed by atoms with E-state index in [0.29, 0.717) is 25.9 Å². The number of nitrogens with one attached hydrogen (secondary N) is 4. The molecule has 0 rings (SSSR count). The van der Waals surface area contributed by atoms with Crippen LogP contribution in [-0.2, 0) is 9.59 Å². The maximum atomic E-state index is 11.2. The lowest BCUT2D eigenvalue weighted by Gasteiger charge is -2.21. The van der Waals surface area contributed by atoms with Crippen molar-refractivity contribution in [2.24, 2.45) is 5.73 Å². The first-order chi connectivity index (χ1) is 10.6. The third-order valence-corrected chi connectivity index (χ3v) is 3.27. The molecule has 0 aromatic rings. The molecule has 0 aliphatic heterocycles. The number of carbonyl (C=O) groups is 2. The molecule has 0 unspecified atom stereocenters. The highest BCUT2D eigenvalue weighted by Crippen LogP contribution is 1.90. The molecule has 0 saturated carbocycles. The smallest absolute Gasteiger partial charge is 0.221 e. The van der Waals surface area contributed by atoms with Crippen LogP contribution < -0.4 is 27.0 Å². The van der Waals surface area contributed by atoms with Crippen molar-refractivity contribution in [3.8, 4) is 0 Å². The summed E-state index contributed by atoms with van der Waals surface area (Å²) in [7, 11) is 3.29. The van der Waals surface area contributed by atoms with Gasteiger partial charge in [-0.2, -0.15) is 0 Å². The fourth-order valence-electron chi connectivity index (χ4n) is 1.89. The minimum absolute atomic E-state index is 0.0500. The van der Waals surface area contributed by atoms with E-state index < -0.39 is 0 Å². The second-order valence-electron chi connectivity index (χ2n) is 4.98. The number of nitrogens with zero attached hydrogens (tertiary/aromatic N) is 1. The monoisotopic (exact) mass is 316 g/mol. The molecule has 22 heavy (non-hydrogen) atoms. The molecule has 8 nitrogen and oxygen atoms in total. The quantitative estimate of drug-likeness (QED) is 0.230. The van der Waals surface area contributed by atoms with Gasteiger partial charge in [0.1, 0.15) is 0 Å². The van der Waals surface area contributed by atoms with Gasteiger partial charge in [-0.05, 0) is 0 Å². The lowest BCUT2D eigenvalue weighted by molar-refractivity contribution is -0.121. The maximum Gasteiger partial charge on any atom is 0.221 e. The average Bonchev–Trinajstić information content (AvgIpc) is 2.53. The number of hydrogen-bond donors (Lipinski definition) is 5. The van der Waals surface area contributed by atoms with E-state index in [1.807, 2.05) is 0 Å². The van der Waals surface area contributed by atoms with Gasteiger partial charge in [0.2, 0.25) is 11.8 Å². The van der Waals surface area contributed by atoms with Crippen molar-refractivity contribution in [2.75, 3.05) is 66.5 Å². The molecule has 6 N–H and O–H groups in total. The summed E-state index contributed by atoms with van der Waals surface area (Å²) in [5.41, 5.74) is 5.58. The van der Waals surface area contributed by atoms with Crippen molar-refractivity contribution in [3.05, 3.63) is 0 Å². The average molecular weight is 316 g/mol. The maximum absolute atomic E-state index is 11.2. The second-order valence-corrected chi connectivity index (χ2v) is 4.98. The van der Waals surface area contributed by atoms with Gasteiger partial charge in [0, 0.05) is 79.3 Å². The summed E-state index contributed by atoms with van der Waals surface area (Å²) in [4.78, 5) is 24.4. The third-order valence-electron chi connectivity index (χ3n) is 3.27. The van der Waals surface area contributed by atoms with E-state index in [2.05, 4.69) is 26.2 Å². The normalized spacial score (nSPS) is 10.7. The van der Waals surface area contributed by atoms with Gasteiger partial charge in [0.25, 0.3) is 0 Å². The molecule has 0 radical (unpaired) electrons. The molecule has 8 heteroatoms. The van der Waals surface area contributed by atoms with Crippen LogP contribution in [0.25, 0.3) is 0 Å². The van der Waals surface area contributed by atoms with Gasteiger partial charge < -0.3 is 31.9 Å². The Hall–Kier alpha value is -1.22. The summed E-state index contributed by atoms with van der Waals surface area (Å²) in [5.74, 6) is 0.101. The van der Waals surface area contributed by atoms with Crippen LogP contribution in [0.5, 0.6) is 0 Å². The zero-order chi connectivity index (χ0) is 16.6. The first-order valence-corrected chi connectivity index (χ1v) is 7.89.